The normalized spacial score (nSPS) is 11.0. The van der Waals surface area contributed by atoms with E-state index in [1.165, 1.54) is 0 Å². The molecule has 146 valence electrons. The highest BCUT2D eigenvalue weighted by Gasteiger charge is 2.20. The van der Waals surface area contributed by atoms with E-state index in [9.17, 15) is 4.79 Å². The minimum atomic E-state index is -0.224. The first-order valence-electron chi connectivity index (χ1n) is 9.14. The third-order valence-corrected chi connectivity index (χ3v) is 5.46. The van der Waals surface area contributed by atoms with Crippen molar-refractivity contribution < 1.29 is 9.15 Å². The Kier molecular flexibility index (Phi) is 5.35. The summed E-state index contributed by atoms with van der Waals surface area (Å²) in [5.41, 5.74) is 3.83. The van der Waals surface area contributed by atoms with Crippen molar-refractivity contribution >= 4 is 34.2 Å². The summed E-state index contributed by atoms with van der Waals surface area (Å²) in [6, 6.07) is 18.2. The van der Waals surface area contributed by atoms with Crippen molar-refractivity contribution in [3.63, 3.8) is 0 Å². The van der Waals surface area contributed by atoms with E-state index >= 15 is 0 Å². The fraction of sp³-hybridized carbons (Fsp3) is 0.125. The van der Waals surface area contributed by atoms with E-state index in [-0.39, 0.29) is 17.8 Å². The molecule has 0 saturated heterocycles. The molecule has 0 atom stereocenters. The van der Waals surface area contributed by atoms with Crippen LogP contribution in [-0.4, -0.2) is 0 Å². The molecule has 1 heterocycles. The first-order chi connectivity index (χ1) is 13.9. The molecule has 0 aliphatic heterocycles. The van der Waals surface area contributed by atoms with Crippen LogP contribution in [0.25, 0.3) is 22.3 Å². The first-order valence-corrected chi connectivity index (χ1v) is 9.90. The second-order valence-corrected chi connectivity index (χ2v) is 7.76. The van der Waals surface area contributed by atoms with E-state index < -0.39 is 0 Å². The lowest BCUT2D eigenvalue weighted by Crippen LogP contribution is -2.11. The van der Waals surface area contributed by atoms with Crippen molar-refractivity contribution in [2.24, 2.45) is 0 Å². The van der Waals surface area contributed by atoms with Gasteiger partial charge in [0.1, 0.15) is 12.2 Å². The standard InChI is InChI=1S/C24H18Cl2O3/c1-14-11-19-21(12-15(14)2)29-23(18-5-3-4-6-20(18)26)24(22(19)27)28-13-16-7-9-17(25)10-8-16/h3-12H,13H2,1-2H3. The van der Waals surface area contributed by atoms with Crippen molar-refractivity contribution in [1.82, 2.24) is 0 Å². The fourth-order valence-corrected chi connectivity index (χ4v) is 3.47. The van der Waals surface area contributed by atoms with Crippen LogP contribution in [0.2, 0.25) is 10.0 Å². The summed E-state index contributed by atoms with van der Waals surface area (Å²) in [6.07, 6.45) is 0. The Labute approximate surface area is 178 Å². The zero-order valence-electron chi connectivity index (χ0n) is 16.0. The number of benzene rings is 3. The van der Waals surface area contributed by atoms with Crippen LogP contribution in [0.15, 0.2) is 69.9 Å². The molecule has 1 aromatic heterocycles. The van der Waals surface area contributed by atoms with E-state index in [1.807, 2.05) is 56.3 Å². The molecule has 29 heavy (non-hydrogen) atoms. The van der Waals surface area contributed by atoms with E-state index in [0.29, 0.717) is 32.3 Å². The molecule has 0 N–H and O–H groups in total. The highest BCUT2D eigenvalue weighted by atomic mass is 35.5. The van der Waals surface area contributed by atoms with E-state index in [2.05, 4.69) is 0 Å². The molecule has 0 bridgehead atoms. The van der Waals surface area contributed by atoms with Crippen LogP contribution in [0.1, 0.15) is 16.7 Å². The summed E-state index contributed by atoms with van der Waals surface area (Å²) in [5.74, 6) is 0.467. The molecule has 0 aliphatic carbocycles. The van der Waals surface area contributed by atoms with Gasteiger partial charge in [0.15, 0.2) is 5.76 Å². The monoisotopic (exact) mass is 424 g/mol. The number of hydrogen-bond acceptors (Lipinski definition) is 3. The lowest BCUT2D eigenvalue weighted by atomic mass is 10.0. The van der Waals surface area contributed by atoms with Gasteiger partial charge in [-0.3, -0.25) is 4.79 Å². The summed E-state index contributed by atoms with van der Waals surface area (Å²) in [4.78, 5) is 13.3. The van der Waals surface area contributed by atoms with Gasteiger partial charge in [-0.25, -0.2) is 0 Å². The molecular formula is C24H18Cl2O3. The van der Waals surface area contributed by atoms with Gasteiger partial charge in [0.25, 0.3) is 0 Å². The summed E-state index contributed by atoms with van der Waals surface area (Å²) < 4.78 is 12.1. The third-order valence-electron chi connectivity index (χ3n) is 4.88. The highest BCUT2D eigenvalue weighted by Crippen LogP contribution is 2.36. The van der Waals surface area contributed by atoms with Crippen LogP contribution in [0.4, 0.5) is 0 Å². The molecule has 0 unspecified atom stereocenters. The topological polar surface area (TPSA) is 39.4 Å². The minimum absolute atomic E-state index is 0.142. The summed E-state index contributed by atoms with van der Waals surface area (Å²) in [6.45, 7) is 4.15. The Hall–Kier alpha value is -2.75. The molecule has 3 aromatic carbocycles. The van der Waals surface area contributed by atoms with E-state index in [0.717, 1.165) is 16.7 Å². The second-order valence-electron chi connectivity index (χ2n) is 6.92. The van der Waals surface area contributed by atoms with Gasteiger partial charge in [0.2, 0.25) is 11.2 Å². The Balaban J connectivity index is 1.89. The van der Waals surface area contributed by atoms with Crippen molar-refractivity contribution in [2.75, 3.05) is 0 Å². The Morgan fingerprint density at radius 2 is 1.62 bits per heavy atom. The quantitative estimate of drug-likeness (QED) is 0.355. The highest BCUT2D eigenvalue weighted by molar-refractivity contribution is 6.33. The zero-order valence-corrected chi connectivity index (χ0v) is 17.5. The minimum Gasteiger partial charge on any atom is -0.481 e. The number of hydrogen-bond donors (Lipinski definition) is 0. The molecule has 5 heteroatoms. The van der Waals surface area contributed by atoms with E-state index in [4.69, 9.17) is 32.4 Å². The molecule has 0 fully saturated rings. The predicted octanol–water partition coefficient (Wildman–Crippen LogP) is 6.96. The van der Waals surface area contributed by atoms with Gasteiger partial charge >= 0.3 is 0 Å². The SMILES string of the molecule is Cc1cc2oc(-c3ccccc3Cl)c(OCc3ccc(Cl)cc3)c(=O)c2cc1C. The van der Waals surface area contributed by atoms with Crippen LogP contribution >= 0.6 is 23.2 Å². The summed E-state index contributed by atoms with van der Waals surface area (Å²) in [5, 5.41) is 1.60. The summed E-state index contributed by atoms with van der Waals surface area (Å²) in [7, 11) is 0. The number of ether oxygens (including phenoxy) is 1. The van der Waals surface area contributed by atoms with Gasteiger partial charge in [-0.05, 0) is 66.9 Å². The van der Waals surface area contributed by atoms with Gasteiger partial charge in [-0.15, -0.1) is 0 Å². The third kappa shape index (κ3) is 3.89. The number of halogens is 2. The second kappa shape index (κ2) is 7.94. The Morgan fingerprint density at radius 1 is 0.931 bits per heavy atom. The van der Waals surface area contributed by atoms with Crippen molar-refractivity contribution in [2.45, 2.75) is 20.5 Å². The molecule has 4 aromatic rings. The zero-order chi connectivity index (χ0) is 20.5. The number of aryl methyl sites for hydroxylation is 2. The van der Waals surface area contributed by atoms with Crippen LogP contribution in [0, 0.1) is 13.8 Å². The molecule has 0 spiro atoms. The molecule has 0 amide bonds. The van der Waals surface area contributed by atoms with Gasteiger partial charge in [-0.1, -0.05) is 47.5 Å². The van der Waals surface area contributed by atoms with Crippen molar-refractivity contribution in [1.29, 1.82) is 0 Å². The molecule has 3 nitrogen and oxygen atoms in total. The number of fused-ring (bicyclic) bond motifs is 1. The maximum Gasteiger partial charge on any atom is 0.235 e. The average Bonchev–Trinajstić information content (AvgIpc) is 2.70. The lowest BCUT2D eigenvalue weighted by molar-refractivity contribution is 0.298. The van der Waals surface area contributed by atoms with Gasteiger partial charge < -0.3 is 9.15 Å². The molecular weight excluding hydrogens is 407 g/mol. The summed E-state index contributed by atoms with van der Waals surface area (Å²) >= 11 is 12.3. The Morgan fingerprint density at radius 3 is 2.34 bits per heavy atom. The predicted molar refractivity (Wildman–Crippen MR) is 118 cm³/mol. The van der Waals surface area contributed by atoms with Crippen LogP contribution in [0.5, 0.6) is 5.75 Å². The van der Waals surface area contributed by atoms with Gasteiger partial charge in [-0.2, -0.15) is 0 Å². The van der Waals surface area contributed by atoms with Gasteiger partial charge in [0, 0.05) is 10.6 Å². The maximum absolute atomic E-state index is 13.3. The Bertz CT molecular complexity index is 1260. The van der Waals surface area contributed by atoms with E-state index in [1.54, 1.807) is 18.2 Å². The van der Waals surface area contributed by atoms with Crippen LogP contribution in [-0.2, 0) is 6.61 Å². The van der Waals surface area contributed by atoms with Crippen molar-refractivity contribution in [3.8, 4) is 17.1 Å². The molecule has 4 rings (SSSR count). The maximum atomic E-state index is 13.3. The molecule has 0 saturated carbocycles. The van der Waals surface area contributed by atoms with Crippen molar-refractivity contribution in [3.05, 3.63) is 97.6 Å². The van der Waals surface area contributed by atoms with Gasteiger partial charge in [0.05, 0.1) is 10.4 Å². The molecule has 0 aliphatic rings. The fourth-order valence-electron chi connectivity index (χ4n) is 3.12. The van der Waals surface area contributed by atoms with Crippen LogP contribution in [0.3, 0.4) is 0 Å². The smallest absolute Gasteiger partial charge is 0.235 e. The van der Waals surface area contributed by atoms with Crippen LogP contribution < -0.4 is 10.2 Å². The molecule has 0 radical (unpaired) electrons. The first kappa shape index (κ1) is 19.6. The average molecular weight is 425 g/mol. The number of rotatable bonds is 4. The largest absolute Gasteiger partial charge is 0.481 e. The lowest BCUT2D eigenvalue weighted by Gasteiger charge is -2.13.